The van der Waals surface area contributed by atoms with Crippen LogP contribution in [0.5, 0.6) is 5.88 Å². The van der Waals surface area contributed by atoms with Crippen LogP contribution in [0, 0.1) is 0 Å². The minimum absolute atomic E-state index is 0.143. The quantitative estimate of drug-likeness (QED) is 0.544. The van der Waals surface area contributed by atoms with Crippen molar-refractivity contribution in [2.75, 3.05) is 5.73 Å². The highest BCUT2D eigenvalue weighted by molar-refractivity contribution is 6.35. The highest BCUT2D eigenvalue weighted by atomic mass is 35.5. The fourth-order valence-electron chi connectivity index (χ4n) is 3.37. The molecule has 3 heterocycles. The molecule has 0 aliphatic heterocycles. The predicted molar refractivity (Wildman–Crippen MR) is 113 cm³/mol. The Kier molecular flexibility index (Phi) is 4.32. The molecule has 1 saturated carbocycles. The van der Waals surface area contributed by atoms with Gasteiger partial charge in [-0.1, -0.05) is 17.7 Å². The lowest BCUT2D eigenvalue weighted by Gasteiger charge is -2.26. The van der Waals surface area contributed by atoms with Crippen LogP contribution in [0.25, 0.3) is 33.5 Å². The average Bonchev–Trinajstić information content (AvgIpc) is 3.11. The van der Waals surface area contributed by atoms with Gasteiger partial charge in [0.05, 0.1) is 10.5 Å². The molecule has 0 bridgehead atoms. The minimum Gasteiger partial charge on any atom is -0.472 e. The van der Waals surface area contributed by atoms with E-state index in [-0.39, 0.29) is 11.9 Å². The molecule has 0 saturated heterocycles. The number of aryl methyl sites for hydroxylation is 1. The number of nitrogens with zero attached hydrogens (tertiary/aromatic N) is 5. The summed E-state index contributed by atoms with van der Waals surface area (Å²) in [4.78, 5) is 13.7. The molecule has 5 rings (SSSR count). The molecule has 0 atom stereocenters. The van der Waals surface area contributed by atoms with Crippen LogP contribution < -0.4 is 10.5 Å². The van der Waals surface area contributed by atoms with Crippen LogP contribution >= 0.6 is 11.6 Å². The number of aromatic nitrogens is 5. The second-order valence-electron chi connectivity index (χ2n) is 7.19. The van der Waals surface area contributed by atoms with Gasteiger partial charge in [-0.25, -0.2) is 9.97 Å². The van der Waals surface area contributed by atoms with Gasteiger partial charge in [0.15, 0.2) is 5.82 Å². The van der Waals surface area contributed by atoms with E-state index in [0.717, 1.165) is 35.7 Å². The van der Waals surface area contributed by atoms with E-state index in [4.69, 9.17) is 27.1 Å². The highest BCUT2D eigenvalue weighted by Crippen LogP contribution is 2.37. The molecule has 0 unspecified atom stereocenters. The van der Waals surface area contributed by atoms with Crippen LogP contribution in [0.2, 0.25) is 5.02 Å². The molecule has 1 aromatic carbocycles. The molecule has 4 aromatic rings. The third-order valence-electron chi connectivity index (χ3n) is 5.11. The Morgan fingerprint density at radius 3 is 2.76 bits per heavy atom. The van der Waals surface area contributed by atoms with Crippen molar-refractivity contribution in [1.82, 2.24) is 24.7 Å². The lowest BCUT2D eigenvalue weighted by Crippen LogP contribution is -2.25. The number of hydrogen-bond acceptors (Lipinski definition) is 6. The van der Waals surface area contributed by atoms with Gasteiger partial charge in [-0.3, -0.25) is 9.67 Å². The molecule has 1 fully saturated rings. The van der Waals surface area contributed by atoms with Gasteiger partial charge >= 0.3 is 0 Å². The highest BCUT2D eigenvalue weighted by Gasteiger charge is 2.24. The average molecular weight is 407 g/mol. The number of ether oxygens (including phenoxy) is 1. The summed E-state index contributed by atoms with van der Waals surface area (Å²) in [5, 5.41) is 5.95. The maximum absolute atomic E-state index is 6.52. The summed E-state index contributed by atoms with van der Waals surface area (Å²) >= 11 is 6.52. The number of fused-ring (bicyclic) bond motifs is 1. The number of nitrogens with two attached hydrogens (primary N) is 1. The van der Waals surface area contributed by atoms with Crippen molar-refractivity contribution in [3.8, 4) is 28.5 Å². The lowest BCUT2D eigenvalue weighted by molar-refractivity contribution is 0.115. The van der Waals surface area contributed by atoms with Crippen LogP contribution in [0.3, 0.4) is 0 Å². The van der Waals surface area contributed by atoms with E-state index in [9.17, 15) is 0 Å². The number of benzene rings is 1. The first-order valence-electron chi connectivity index (χ1n) is 9.47. The first-order chi connectivity index (χ1) is 14.1. The Morgan fingerprint density at radius 1 is 1.17 bits per heavy atom. The summed E-state index contributed by atoms with van der Waals surface area (Å²) < 4.78 is 7.70. The second-order valence-corrected chi connectivity index (χ2v) is 7.60. The predicted octanol–water partition coefficient (Wildman–Crippen LogP) is 4.26. The molecule has 1 aliphatic carbocycles. The molecule has 2 N–H and O–H groups in total. The number of halogens is 1. The van der Waals surface area contributed by atoms with Crippen molar-refractivity contribution in [2.24, 2.45) is 7.05 Å². The van der Waals surface area contributed by atoms with E-state index < -0.39 is 0 Å². The van der Waals surface area contributed by atoms with Crippen molar-refractivity contribution in [3.05, 3.63) is 47.7 Å². The number of anilines is 1. The molecule has 1 aliphatic rings. The normalized spacial score (nSPS) is 14.1. The van der Waals surface area contributed by atoms with E-state index >= 15 is 0 Å². The van der Waals surface area contributed by atoms with E-state index in [1.165, 1.54) is 0 Å². The van der Waals surface area contributed by atoms with Crippen LogP contribution in [0.15, 0.2) is 42.7 Å². The van der Waals surface area contributed by atoms with E-state index in [2.05, 4.69) is 15.1 Å². The first-order valence-corrected chi connectivity index (χ1v) is 9.85. The minimum atomic E-state index is 0.143. The summed E-state index contributed by atoms with van der Waals surface area (Å²) in [6.45, 7) is 0. The molecule has 29 heavy (non-hydrogen) atoms. The Balaban J connectivity index is 1.71. The number of hydrogen-bond donors (Lipinski definition) is 1. The van der Waals surface area contributed by atoms with Crippen molar-refractivity contribution in [2.45, 2.75) is 25.4 Å². The third-order valence-corrected chi connectivity index (χ3v) is 5.40. The smallest absolute Gasteiger partial charge is 0.258 e. The Labute approximate surface area is 172 Å². The SMILES string of the molecule is Cn1ccc(-c2nc(N)c(OC3CCC3)nc2-c2cc(Cl)c3ncccc3c2)n1. The molecule has 0 spiro atoms. The molecule has 3 aromatic heterocycles. The number of rotatable bonds is 4. The molecule has 0 radical (unpaired) electrons. The van der Waals surface area contributed by atoms with Crippen molar-refractivity contribution in [3.63, 3.8) is 0 Å². The van der Waals surface area contributed by atoms with Gasteiger partial charge in [-0.2, -0.15) is 5.10 Å². The fraction of sp³-hybridized carbons (Fsp3) is 0.238. The van der Waals surface area contributed by atoms with Gasteiger partial charge < -0.3 is 10.5 Å². The fourth-order valence-corrected chi connectivity index (χ4v) is 3.65. The van der Waals surface area contributed by atoms with E-state index in [0.29, 0.717) is 28.0 Å². The topological polar surface area (TPSA) is 91.7 Å². The van der Waals surface area contributed by atoms with Crippen molar-refractivity contribution >= 4 is 28.3 Å². The molecule has 146 valence electrons. The second kappa shape index (κ2) is 7.00. The largest absolute Gasteiger partial charge is 0.472 e. The van der Waals surface area contributed by atoms with E-state index in [1.807, 2.05) is 43.6 Å². The standard InChI is InChI=1S/C21H19ClN6O/c1-28-9-7-16(27-28)19-18(26-21(20(23)25-19)29-14-5-2-6-14)13-10-12-4-3-8-24-17(12)15(22)11-13/h3-4,7-11,14H,2,5-6H2,1H3,(H2,23,25). The van der Waals surface area contributed by atoms with Crippen molar-refractivity contribution in [1.29, 1.82) is 0 Å². The van der Waals surface area contributed by atoms with Crippen molar-refractivity contribution < 1.29 is 4.74 Å². The summed E-state index contributed by atoms with van der Waals surface area (Å²) in [6.07, 6.45) is 6.89. The Bertz CT molecular complexity index is 1220. The van der Waals surface area contributed by atoms with Gasteiger partial charge in [0.2, 0.25) is 0 Å². The van der Waals surface area contributed by atoms with Crippen LogP contribution in [0.1, 0.15) is 19.3 Å². The maximum Gasteiger partial charge on any atom is 0.258 e. The molecule has 0 amide bonds. The molecular weight excluding hydrogens is 388 g/mol. The molecule has 7 nitrogen and oxygen atoms in total. The van der Waals surface area contributed by atoms with Gasteiger partial charge in [0.25, 0.3) is 5.88 Å². The Morgan fingerprint density at radius 2 is 2.03 bits per heavy atom. The zero-order chi connectivity index (χ0) is 20.0. The van der Waals surface area contributed by atoms with Gasteiger partial charge in [-0.05, 0) is 43.5 Å². The zero-order valence-electron chi connectivity index (χ0n) is 15.8. The number of pyridine rings is 1. The first kappa shape index (κ1) is 17.9. The summed E-state index contributed by atoms with van der Waals surface area (Å²) in [7, 11) is 1.85. The monoisotopic (exact) mass is 406 g/mol. The summed E-state index contributed by atoms with van der Waals surface area (Å²) in [5.74, 6) is 0.613. The maximum atomic E-state index is 6.52. The van der Waals surface area contributed by atoms with E-state index in [1.54, 1.807) is 10.9 Å². The lowest BCUT2D eigenvalue weighted by atomic mass is 9.96. The molecular formula is C21H19ClN6O. The van der Waals surface area contributed by atoms with Gasteiger partial charge in [-0.15, -0.1) is 0 Å². The van der Waals surface area contributed by atoms with Crippen LogP contribution in [-0.2, 0) is 7.05 Å². The Hall–Kier alpha value is -3.19. The molecule has 8 heteroatoms. The van der Waals surface area contributed by atoms with Gasteiger partial charge in [0.1, 0.15) is 23.2 Å². The number of nitrogen functional groups attached to an aromatic ring is 1. The van der Waals surface area contributed by atoms with Gasteiger partial charge in [0, 0.05) is 30.4 Å². The van der Waals surface area contributed by atoms with Crippen LogP contribution in [0.4, 0.5) is 5.82 Å². The summed E-state index contributed by atoms with van der Waals surface area (Å²) in [5.41, 5.74) is 9.63. The third kappa shape index (κ3) is 3.27. The zero-order valence-corrected chi connectivity index (χ0v) is 16.6. The van der Waals surface area contributed by atoms with Crippen LogP contribution in [-0.4, -0.2) is 30.8 Å². The summed E-state index contributed by atoms with van der Waals surface area (Å²) in [6, 6.07) is 9.56.